The molecular weight excluding hydrogens is 384 g/mol. The third-order valence-electron chi connectivity index (χ3n) is 6.79. The fraction of sp³-hybridized carbons (Fsp3) is 0.542. The van der Waals surface area contributed by atoms with E-state index < -0.39 is 6.10 Å². The van der Waals surface area contributed by atoms with Crippen LogP contribution in [0.15, 0.2) is 18.2 Å². The summed E-state index contributed by atoms with van der Waals surface area (Å²) in [4.78, 5) is 15.3. The van der Waals surface area contributed by atoms with Crippen molar-refractivity contribution < 1.29 is 19.7 Å². The van der Waals surface area contributed by atoms with Crippen molar-refractivity contribution in [3.63, 3.8) is 0 Å². The van der Waals surface area contributed by atoms with E-state index in [0.717, 1.165) is 28.3 Å². The van der Waals surface area contributed by atoms with E-state index in [1.807, 2.05) is 25.1 Å². The Hall–Kier alpha value is -1.69. The van der Waals surface area contributed by atoms with E-state index in [4.69, 9.17) is 9.84 Å². The average Bonchev–Trinajstić information content (AvgIpc) is 3.02. The van der Waals surface area contributed by atoms with Gasteiger partial charge < -0.3 is 14.9 Å². The van der Waals surface area contributed by atoms with Crippen LogP contribution in [0.2, 0.25) is 0 Å². The summed E-state index contributed by atoms with van der Waals surface area (Å²) in [5.74, 6) is 2.35. The summed E-state index contributed by atoms with van der Waals surface area (Å²) in [7, 11) is 0. The lowest BCUT2D eigenvalue weighted by Crippen LogP contribution is -2.21. The maximum Gasteiger partial charge on any atom is 0.173 e. The molecule has 0 radical (unpaired) electrons. The number of aliphatic hydroxyl groups is 2. The number of hydrogen-bond acceptors (Lipinski definition) is 5. The second kappa shape index (κ2) is 7.53. The van der Waals surface area contributed by atoms with E-state index in [1.165, 1.54) is 16.0 Å². The van der Waals surface area contributed by atoms with Crippen LogP contribution in [0.4, 0.5) is 0 Å². The minimum Gasteiger partial charge on any atom is -0.491 e. The van der Waals surface area contributed by atoms with Gasteiger partial charge >= 0.3 is 0 Å². The summed E-state index contributed by atoms with van der Waals surface area (Å²) in [5.41, 5.74) is 5.31. The minimum absolute atomic E-state index is 0.0663. The van der Waals surface area contributed by atoms with E-state index in [0.29, 0.717) is 29.9 Å². The molecule has 0 unspecified atom stereocenters. The second-order valence-electron chi connectivity index (χ2n) is 9.16. The van der Waals surface area contributed by atoms with Gasteiger partial charge in [-0.3, -0.25) is 4.79 Å². The van der Waals surface area contributed by atoms with Crippen LogP contribution in [-0.4, -0.2) is 35.3 Å². The standard InChI is InChI=1S/C24H30O4S/c1-13-9-15(6-8-20(13)28-12-16(26)11-25)5-7-19(27)23-17-10-18-22(24(18,3)4)21(17)14(2)29-23/h6,8-9,16,18,22,25-26H,5,7,10-12H2,1-4H3/t16-,18+,22+/m0/s1. The second-order valence-corrected chi connectivity index (χ2v) is 10.4. The predicted octanol–water partition coefficient (Wildman–Crippen LogP) is 4.21. The molecule has 156 valence electrons. The van der Waals surface area contributed by atoms with Crippen molar-refractivity contribution in [3.8, 4) is 5.75 Å². The Kier molecular flexibility index (Phi) is 5.34. The van der Waals surface area contributed by atoms with E-state index in [1.54, 1.807) is 11.3 Å². The van der Waals surface area contributed by atoms with Crippen molar-refractivity contribution in [2.24, 2.45) is 11.3 Å². The fourth-order valence-corrected chi connectivity index (χ4v) is 6.19. The van der Waals surface area contributed by atoms with Crippen LogP contribution in [0.5, 0.6) is 5.75 Å². The van der Waals surface area contributed by atoms with Gasteiger partial charge in [0.1, 0.15) is 18.5 Å². The molecule has 0 amide bonds. The molecule has 0 spiro atoms. The number of benzene rings is 1. The van der Waals surface area contributed by atoms with Crippen LogP contribution in [0.25, 0.3) is 0 Å². The lowest BCUT2D eigenvalue weighted by atomic mass is 9.94. The van der Waals surface area contributed by atoms with E-state index in [2.05, 4.69) is 20.8 Å². The van der Waals surface area contributed by atoms with Gasteiger partial charge in [0.05, 0.1) is 11.5 Å². The molecular formula is C24H30O4S. The molecule has 1 aromatic carbocycles. The molecule has 0 aliphatic heterocycles. The zero-order valence-electron chi connectivity index (χ0n) is 17.6. The molecule has 2 aromatic rings. The number of fused-ring (bicyclic) bond motifs is 3. The molecule has 1 aromatic heterocycles. The molecule has 29 heavy (non-hydrogen) atoms. The average molecular weight is 415 g/mol. The van der Waals surface area contributed by atoms with Crippen molar-refractivity contribution in [3.05, 3.63) is 50.2 Å². The normalized spacial score (nSPS) is 22.1. The Morgan fingerprint density at radius 1 is 1.34 bits per heavy atom. The molecule has 5 heteroatoms. The van der Waals surface area contributed by atoms with Gasteiger partial charge in [0.25, 0.3) is 0 Å². The first kappa shape index (κ1) is 20.6. The van der Waals surface area contributed by atoms with Gasteiger partial charge in [0.15, 0.2) is 5.78 Å². The highest BCUT2D eigenvalue weighted by Gasteiger charge is 2.63. The summed E-state index contributed by atoms with van der Waals surface area (Å²) >= 11 is 1.69. The first-order valence-electron chi connectivity index (χ1n) is 10.4. The molecule has 3 atom stereocenters. The maximum absolute atomic E-state index is 13.0. The van der Waals surface area contributed by atoms with Crippen molar-refractivity contribution in [2.75, 3.05) is 13.2 Å². The highest BCUT2D eigenvalue weighted by molar-refractivity contribution is 7.14. The Morgan fingerprint density at radius 2 is 2.10 bits per heavy atom. The third-order valence-corrected chi connectivity index (χ3v) is 8.00. The molecule has 2 N–H and O–H groups in total. The quantitative estimate of drug-likeness (QED) is 0.635. The number of ether oxygens (including phenoxy) is 1. The molecule has 0 saturated heterocycles. The number of ketones is 1. The topological polar surface area (TPSA) is 66.8 Å². The monoisotopic (exact) mass is 414 g/mol. The van der Waals surface area contributed by atoms with Crippen LogP contribution in [-0.2, 0) is 12.8 Å². The number of carbonyl (C=O) groups excluding carboxylic acids is 1. The highest BCUT2D eigenvalue weighted by atomic mass is 32.1. The van der Waals surface area contributed by atoms with Crippen LogP contribution in [0.1, 0.15) is 63.0 Å². The zero-order chi connectivity index (χ0) is 20.9. The minimum atomic E-state index is -0.876. The number of hydrogen-bond donors (Lipinski definition) is 2. The van der Waals surface area contributed by atoms with E-state index in [9.17, 15) is 9.90 Å². The maximum atomic E-state index is 13.0. The van der Waals surface area contributed by atoms with Crippen LogP contribution >= 0.6 is 11.3 Å². The van der Waals surface area contributed by atoms with Gasteiger partial charge in [-0.1, -0.05) is 26.0 Å². The molecule has 4 rings (SSSR count). The van der Waals surface area contributed by atoms with Gasteiger partial charge in [-0.25, -0.2) is 0 Å². The number of carbonyl (C=O) groups is 1. The van der Waals surface area contributed by atoms with Crippen molar-refractivity contribution in [1.82, 2.24) is 0 Å². The summed E-state index contributed by atoms with van der Waals surface area (Å²) in [6.07, 6.45) is 1.43. The Bertz CT molecular complexity index is 943. The number of Topliss-reactive ketones (excluding diaryl/α,β-unsaturated/α-hetero) is 1. The third kappa shape index (κ3) is 3.65. The number of rotatable bonds is 8. The molecule has 2 aliphatic rings. The Balaban J connectivity index is 1.39. The SMILES string of the molecule is Cc1cc(CCC(=O)c2sc(C)c3c2C[C@@H]2[C@H]3C2(C)C)ccc1OC[C@@H](O)CO. The van der Waals surface area contributed by atoms with E-state index in [-0.39, 0.29) is 19.0 Å². The van der Waals surface area contributed by atoms with Gasteiger partial charge in [-0.15, -0.1) is 11.3 Å². The van der Waals surface area contributed by atoms with Crippen molar-refractivity contribution in [1.29, 1.82) is 0 Å². The van der Waals surface area contributed by atoms with E-state index >= 15 is 0 Å². The van der Waals surface area contributed by atoms with Crippen LogP contribution in [0, 0.1) is 25.2 Å². The summed E-state index contributed by atoms with van der Waals surface area (Å²) in [6, 6.07) is 5.89. The summed E-state index contributed by atoms with van der Waals surface area (Å²) < 4.78 is 5.55. The van der Waals surface area contributed by atoms with Gasteiger partial charge in [-0.2, -0.15) is 0 Å². The van der Waals surface area contributed by atoms with Gasteiger partial charge in [0, 0.05) is 11.3 Å². The number of aryl methyl sites for hydroxylation is 3. The number of aliphatic hydroxyl groups excluding tert-OH is 2. The first-order chi connectivity index (χ1) is 13.7. The predicted molar refractivity (Wildman–Crippen MR) is 115 cm³/mol. The van der Waals surface area contributed by atoms with Crippen LogP contribution in [0.3, 0.4) is 0 Å². The molecule has 2 aliphatic carbocycles. The fourth-order valence-electron chi connectivity index (χ4n) is 5.00. The summed E-state index contributed by atoms with van der Waals surface area (Å²) in [6.45, 7) is 8.58. The summed E-state index contributed by atoms with van der Waals surface area (Å²) in [5, 5.41) is 18.3. The molecule has 4 nitrogen and oxygen atoms in total. The van der Waals surface area contributed by atoms with Crippen LogP contribution < -0.4 is 4.74 Å². The van der Waals surface area contributed by atoms with Gasteiger partial charge in [-0.05, 0) is 72.3 Å². The zero-order valence-corrected chi connectivity index (χ0v) is 18.4. The molecule has 1 fully saturated rings. The van der Waals surface area contributed by atoms with Gasteiger partial charge in [0.2, 0.25) is 0 Å². The first-order valence-corrected chi connectivity index (χ1v) is 11.2. The Labute approximate surface area is 176 Å². The lowest BCUT2D eigenvalue weighted by molar-refractivity contribution is 0.0534. The van der Waals surface area contributed by atoms with Crippen molar-refractivity contribution >= 4 is 17.1 Å². The molecule has 0 bridgehead atoms. The molecule has 1 saturated carbocycles. The largest absolute Gasteiger partial charge is 0.491 e. The smallest absolute Gasteiger partial charge is 0.173 e. The molecule has 1 heterocycles. The lowest BCUT2D eigenvalue weighted by Gasteiger charge is -2.13. The number of thiophene rings is 1. The Morgan fingerprint density at radius 3 is 2.79 bits per heavy atom. The highest BCUT2D eigenvalue weighted by Crippen LogP contribution is 2.71. The van der Waals surface area contributed by atoms with Crippen molar-refractivity contribution in [2.45, 2.75) is 59.0 Å².